The van der Waals surface area contributed by atoms with Crippen LogP contribution >= 0.6 is 0 Å². The highest BCUT2D eigenvalue weighted by molar-refractivity contribution is 5.77. The summed E-state index contributed by atoms with van der Waals surface area (Å²) in [5.41, 5.74) is 1.52. The number of carbonyl (C=O) groups excluding carboxylic acids is 1. The number of carbonyl (C=O) groups is 1. The number of benzene rings is 2. The zero-order valence-electron chi connectivity index (χ0n) is 13.2. The average molecular weight is 323 g/mol. The van der Waals surface area contributed by atoms with Crippen LogP contribution < -0.4 is 10.1 Å². The number of para-hydroxylation sites is 1. The Balaban J connectivity index is 1.82. The molecular formula is C18H17N3O3. The number of hydrogen-bond acceptors (Lipinski definition) is 5. The molecule has 0 aliphatic carbocycles. The minimum absolute atomic E-state index is 0.0649. The monoisotopic (exact) mass is 323 g/mol. The van der Waals surface area contributed by atoms with E-state index >= 15 is 0 Å². The van der Waals surface area contributed by atoms with E-state index in [1.54, 1.807) is 6.07 Å². The molecule has 3 aromatic rings. The molecule has 0 spiro atoms. The molecule has 0 unspecified atom stereocenters. The van der Waals surface area contributed by atoms with E-state index in [2.05, 4.69) is 15.5 Å². The van der Waals surface area contributed by atoms with Crippen molar-refractivity contribution in [2.75, 3.05) is 13.2 Å². The third-order valence-electron chi connectivity index (χ3n) is 3.31. The number of ether oxygens (including phenoxy) is 1. The standard InChI is InChI=1S/C18H17N3O3/c1-2-19-16(22)12-23-15-11-7-6-10-14(15)18-20-17(21-24-18)13-8-4-3-5-9-13/h3-11H,2,12H2,1H3,(H,19,22). The van der Waals surface area contributed by atoms with Crippen molar-refractivity contribution in [3.05, 3.63) is 54.6 Å². The summed E-state index contributed by atoms with van der Waals surface area (Å²) in [5, 5.41) is 6.69. The molecule has 6 heteroatoms. The van der Waals surface area contributed by atoms with E-state index in [0.717, 1.165) is 5.56 Å². The lowest BCUT2D eigenvalue weighted by atomic mass is 10.2. The maximum Gasteiger partial charge on any atom is 0.262 e. The molecule has 1 aromatic heterocycles. The van der Waals surface area contributed by atoms with Crippen LogP contribution in [0.4, 0.5) is 0 Å². The third-order valence-corrected chi connectivity index (χ3v) is 3.31. The Labute approximate surface area is 139 Å². The summed E-state index contributed by atoms with van der Waals surface area (Å²) in [6.07, 6.45) is 0. The van der Waals surface area contributed by atoms with Crippen molar-refractivity contribution >= 4 is 5.91 Å². The van der Waals surface area contributed by atoms with Crippen LogP contribution in [-0.4, -0.2) is 29.2 Å². The molecule has 2 aromatic carbocycles. The van der Waals surface area contributed by atoms with Crippen LogP contribution in [0.1, 0.15) is 6.92 Å². The molecule has 1 amide bonds. The zero-order chi connectivity index (χ0) is 16.8. The minimum Gasteiger partial charge on any atom is -0.483 e. The summed E-state index contributed by atoms with van der Waals surface area (Å²) >= 11 is 0. The number of rotatable bonds is 6. The molecule has 0 atom stereocenters. The van der Waals surface area contributed by atoms with E-state index < -0.39 is 0 Å². The maximum absolute atomic E-state index is 11.6. The molecule has 6 nitrogen and oxygen atoms in total. The number of amides is 1. The van der Waals surface area contributed by atoms with Gasteiger partial charge in [0.2, 0.25) is 5.82 Å². The van der Waals surface area contributed by atoms with E-state index in [4.69, 9.17) is 9.26 Å². The molecule has 0 aliphatic heterocycles. The molecular weight excluding hydrogens is 306 g/mol. The lowest BCUT2D eigenvalue weighted by Crippen LogP contribution is -2.28. The van der Waals surface area contributed by atoms with E-state index in [9.17, 15) is 4.79 Å². The lowest BCUT2D eigenvalue weighted by Gasteiger charge is -2.08. The Kier molecular flexibility index (Phi) is 4.86. The second-order valence-corrected chi connectivity index (χ2v) is 5.03. The van der Waals surface area contributed by atoms with E-state index in [1.807, 2.05) is 55.5 Å². The van der Waals surface area contributed by atoms with Crippen LogP contribution in [0.25, 0.3) is 22.8 Å². The van der Waals surface area contributed by atoms with E-state index in [0.29, 0.717) is 29.6 Å². The molecule has 0 bridgehead atoms. The van der Waals surface area contributed by atoms with Gasteiger partial charge >= 0.3 is 0 Å². The molecule has 3 rings (SSSR count). The van der Waals surface area contributed by atoms with Gasteiger partial charge in [0.1, 0.15) is 5.75 Å². The van der Waals surface area contributed by atoms with Gasteiger partial charge in [0.15, 0.2) is 6.61 Å². The van der Waals surface area contributed by atoms with Crippen molar-refractivity contribution in [3.8, 4) is 28.6 Å². The zero-order valence-corrected chi connectivity index (χ0v) is 13.2. The highest BCUT2D eigenvalue weighted by atomic mass is 16.5. The van der Waals surface area contributed by atoms with Crippen LogP contribution in [0, 0.1) is 0 Å². The van der Waals surface area contributed by atoms with E-state index in [-0.39, 0.29) is 12.5 Å². The molecule has 122 valence electrons. The van der Waals surface area contributed by atoms with Crippen molar-refractivity contribution in [2.24, 2.45) is 0 Å². The van der Waals surface area contributed by atoms with Gasteiger partial charge in [0.05, 0.1) is 5.56 Å². The summed E-state index contributed by atoms with van der Waals surface area (Å²) in [6.45, 7) is 2.36. The first kappa shape index (κ1) is 15.7. The summed E-state index contributed by atoms with van der Waals surface area (Å²) in [5.74, 6) is 1.19. The summed E-state index contributed by atoms with van der Waals surface area (Å²) in [4.78, 5) is 16.0. The van der Waals surface area contributed by atoms with Gasteiger partial charge in [-0.15, -0.1) is 0 Å². The largest absolute Gasteiger partial charge is 0.483 e. The summed E-state index contributed by atoms with van der Waals surface area (Å²) in [6, 6.07) is 16.8. The molecule has 1 N–H and O–H groups in total. The van der Waals surface area contributed by atoms with Gasteiger partial charge in [-0.2, -0.15) is 4.98 Å². The van der Waals surface area contributed by atoms with Gasteiger partial charge in [0, 0.05) is 12.1 Å². The van der Waals surface area contributed by atoms with Crippen LogP contribution in [0.15, 0.2) is 59.1 Å². The highest BCUT2D eigenvalue weighted by Crippen LogP contribution is 2.30. The first-order chi connectivity index (χ1) is 11.8. The smallest absolute Gasteiger partial charge is 0.262 e. The summed E-state index contributed by atoms with van der Waals surface area (Å²) < 4.78 is 10.9. The molecule has 0 saturated heterocycles. The van der Waals surface area contributed by atoms with Gasteiger partial charge in [-0.25, -0.2) is 0 Å². The Hall–Kier alpha value is -3.15. The van der Waals surface area contributed by atoms with Gasteiger partial charge in [-0.3, -0.25) is 4.79 Å². The van der Waals surface area contributed by atoms with Crippen LogP contribution in [-0.2, 0) is 4.79 Å². The van der Waals surface area contributed by atoms with Crippen molar-refractivity contribution < 1.29 is 14.1 Å². The summed E-state index contributed by atoms with van der Waals surface area (Å²) in [7, 11) is 0. The second kappa shape index (κ2) is 7.41. The molecule has 0 saturated carbocycles. The Morgan fingerprint density at radius 1 is 1.12 bits per heavy atom. The predicted octanol–water partition coefficient (Wildman–Crippen LogP) is 2.92. The number of likely N-dealkylation sites (N-methyl/N-ethyl adjacent to an activating group) is 1. The maximum atomic E-state index is 11.6. The molecule has 0 fully saturated rings. The average Bonchev–Trinajstić information content (AvgIpc) is 3.11. The second-order valence-electron chi connectivity index (χ2n) is 5.03. The van der Waals surface area contributed by atoms with Crippen LogP contribution in [0.5, 0.6) is 5.75 Å². The van der Waals surface area contributed by atoms with Crippen LogP contribution in [0.2, 0.25) is 0 Å². The Morgan fingerprint density at radius 3 is 2.67 bits per heavy atom. The highest BCUT2D eigenvalue weighted by Gasteiger charge is 2.15. The number of nitrogens with zero attached hydrogens (tertiary/aromatic N) is 2. The molecule has 0 radical (unpaired) electrons. The quantitative estimate of drug-likeness (QED) is 0.754. The SMILES string of the molecule is CCNC(=O)COc1ccccc1-c1nc(-c2ccccc2)no1. The van der Waals surface area contributed by atoms with Gasteiger partial charge in [0.25, 0.3) is 11.8 Å². The normalized spacial score (nSPS) is 10.4. The van der Waals surface area contributed by atoms with Crippen molar-refractivity contribution in [3.63, 3.8) is 0 Å². The van der Waals surface area contributed by atoms with Crippen molar-refractivity contribution in [1.29, 1.82) is 0 Å². The van der Waals surface area contributed by atoms with Gasteiger partial charge in [-0.05, 0) is 19.1 Å². The van der Waals surface area contributed by atoms with Crippen molar-refractivity contribution in [1.82, 2.24) is 15.5 Å². The molecule has 1 heterocycles. The topological polar surface area (TPSA) is 77.2 Å². The van der Waals surface area contributed by atoms with Crippen LogP contribution in [0.3, 0.4) is 0 Å². The number of nitrogens with one attached hydrogen (secondary N) is 1. The minimum atomic E-state index is -0.178. The van der Waals surface area contributed by atoms with E-state index in [1.165, 1.54) is 0 Å². The third kappa shape index (κ3) is 3.60. The predicted molar refractivity (Wildman–Crippen MR) is 89.3 cm³/mol. The number of hydrogen-bond donors (Lipinski definition) is 1. The van der Waals surface area contributed by atoms with Gasteiger partial charge < -0.3 is 14.6 Å². The van der Waals surface area contributed by atoms with Gasteiger partial charge in [-0.1, -0.05) is 47.6 Å². The Morgan fingerprint density at radius 2 is 1.88 bits per heavy atom. The lowest BCUT2D eigenvalue weighted by molar-refractivity contribution is -0.122. The van der Waals surface area contributed by atoms with Crippen molar-refractivity contribution in [2.45, 2.75) is 6.92 Å². The fraction of sp³-hybridized carbons (Fsp3) is 0.167. The fourth-order valence-corrected chi connectivity index (χ4v) is 2.20. The first-order valence-corrected chi connectivity index (χ1v) is 7.66. The molecule has 24 heavy (non-hydrogen) atoms. The fourth-order valence-electron chi connectivity index (χ4n) is 2.20. The molecule has 0 aliphatic rings. The Bertz CT molecular complexity index is 815. The first-order valence-electron chi connectivity index (χ1n) is 7.66. The number of aromatic nitrogens is 2.